The molecule has 0 aliphatic carbocycles. The molecule has 4 heterocycles. The molecule has 1 N–H and O–H groups in total. The van der Waals surface area contributed by atoms with Crippen LogP contribution in [0.25, 0.3) is 27.8 Å². The molecule has 0 radical (unpaired) electrons. The van der Waals surface area contributed by atoms with Crippen molar-refractivity contribution in [1.29, 1.82) is 0 Å². The van der Waals surface area contributed by atoms with Crippen LogP contribution in [0, 0.1) is 0 Å². The number of rotatable bonds is 4. The minimum atomic E-state index is -0.0702. The van der Waals surface area contributed by atoms with Gasteiger partial charge in [-0.15, -0.1) is 0 Å². The van der Waals surface area contributed by atoms with E-state index in [1.807, 2.05) is 59.1 Å². The summed E-state index contributed by atoms with van der Waals surface area (Å²) in [6, 6.07) is 15.4. The number of carbonyl (C=O) groups excluding carboxylic acids is 1. The zero-order valence-electron chi connectivity index (χ0n) is 15.8. The summed E-state index contributed by atoms with van der Waals surface area (Å²) in [5.74, 6) is -0.0702. The highest BCUT2D eigenvalue weighted by Crippen LogP contribution is 2.25. The molecule has 29 heavy (non-hydrogen) atoms. The van der Waals surface area contributed by atoms with Gasteiger partial charge in [-0.2, -0.15) is 5.10 Å². The Kier molecular flexibility index (Phi) is 4.05. The van der Waals surface area contributed by atoms with Crippen molar-refractivity contribution in [2.45, 2.75) is 6.54 Å². The topological polar surface area (TPSA) is 79.2 Å². The van der Waals surface area contributed by atoms with Gasteiger partial charge in [0.25, 0.3) is 5.91 Å². The maximum Gasteiger partial charge on any atom is 0.254 e. The third-order valence-corrected chi connectivity index (χ3v) is 4.98. The standard InChI is InChI=1S/C22H18N6O/c1-27(14-16-13-23-21-8-4-5-9-28(16)21)22(29)18-10-20(15-11-24-25-12-15)26-19-7-3-2-6-17(18)19/h2-13H,14H2,1H3,(H,24,25). The van der Waals surface area contributed by atoms with Gasteiger partial charge in [-0.1, -0.05) is 24.3 Å². The number of para-hydroxylation sites is 1. The van der Waals surface area contributed by atoms with Crippen LogP contribution >= 0.6 is 0 Å². The summed E-state index contributed by atoms with van der Waals surface area (Å²) in [5.41, 5.74) is 4.75. The molecule has 0 fully saturated rings. The zero-order chi connectivity index (χ0) is 19.8. The summed E-state index contributed by atoms with van der Waals surface area (Å²) in [5, 5.41) is 7.62. The van der Waals surface area contributed by atoms with Crippen molar-refractivity contribution in [2.24, 2.45) is 0 Å². The lowest BCUT2D eigenvalue weighted by Gasteiger charge is -2.18. The van der Waals surface area contributed by atoms with E-state index in [0.717, 1.165) is 27.8 Å². The van der Waals surface area contributed by atoms with Crippen LogP contribution in [0.3, 0.4) is 0 Å². The monoisotopic (exact) mass is 382 g/mol. The van der Waals surface area contributed by atoms with Crippen LogP contribution in [0.15, 0.2) is 73.3 Å². The van der Waals surface area contributed by atoms with Crippen LogP contribution in [0.4, 0.5) is 0 Å². The van der Waals surface area contributed by atoms with Crippen LogP contribution < -0.4 is 0 Å². The number of imidazole rings is 1. The number of H-pyrrole nitrogens is 1. The molecule has 0 saturated carbocycles. The lowest BCUT2D eigenvalue weighted by molar-refractivity contribution is 0.0785. The summed E-state index contributed by atoms with van der Waals surface area (Å²) in [7, 11) is 1.80. The molecule has 7 heteroatoms. The highest BCUT2D eigenvalue weighted by atomic mass is 16.2. The highest BCUT2D eigenvalue weighted by Gasteiger charge is 2.19. The molecule has 5 aromatic rings. The predicted molar refractivity (Wildman–Crippen MR) is 110 cm³/mol. The first kappa shape index (κ1) is 17.1. The van der Waals surface area contributed by atoms with E-state index >= 15 is 0 Å². The summed E-state index contributed by atoms with van der Waals surface area (Å²) < 4.78 is 1.99. The molecule has 5 rings (SSSR count). The molecular weight excluding hydrogens is 364 g/mol. The smallest absolute Gasteiger partial charge is 0.254 e. The number of hydrogen-bond donors (Lipinski definition) is 1. The average molecular weight is 382 g/mol. The van der Waals surface area contributed by atoms with Gasteiger partial charge in [0, 0.05) is 30.4 Å². The van der Waals surface area contributed by atoms with E-state index < -0.39 is 0 Å². The SMILES string of the molecule is CN(Cc1cnc2ccccn12)C(=O)c1cc(-c2cn[nH]c2)nc2ccccc12. The number of aromatic nitrogens is 5. The lowest BCUT2D eigenvalue weighted by atomic mass is 10.0. The second-order valence-electron chi connectivity index (χ2n) is 6.90. The van der Waals surface area contributed by atoms with Gasteiger partial charge in [0.1, 0.15) is 5.65 Å². The van der Waals surface area contributed by atoms with Crippen molar-refractivity contribution in [3.05, 3.63) is 84.6 Å². The predicted octanol–water partition coefficient (Wildman–Crippen LogP) is 3.54. The number of aromatic amines is 1. The van der Waals surface area contributed by atoms with E-state index in [1.54, 1.807) is 30.5 Å². The van der Waals surface area contributed by atoms with E-state index in [2.05, 4.69) is 15.2 Å². The number of amides is 1. The van der Waals surface area contributed by atoms with Gasteiger partial charge < -0.3 is 9.30 Å². The molecule has 7 nitrogen and oxygen atoms in total. The number of benzene rings is 1. The molecule has 4 aromatic heterocycles. The van der Waals surface area contributed by atoms with E-state index in [0.29, 0.717) is 17.8 Å². The Morgan fingerprint density at radius 1 is 1.14 bits per heavy atom. The average Bonchev–Trinajstić information content (AvgIpc) is 3.43. The number of carbonyl (C=O) groups is 1. The van der Waals surface area contributed by atoms with E-state index in [4.69, 9.17) is 4.98 Å². The Hall–Kier alpha value is -4.00. The van der Waals surface area contributed by atoms with E-state index in [1.165, 1.54) is 0 Å². The van der Waals surface area contributed by atoms with Crippen molar-refractivity contribution in [3.63, 3.8) is 0 Å². The number of hydrogen-bond acceptors (Lipinski definition) is 4. The molecule has 0 spiro atoms. The van der Waals surface area contributed by atoms with Crippen LogP contribution in [0.1, 0.15) is 16.1 Å². The second-order valence-corrected chi connectivity index (χ2v) is 6.90. The Morgan fingerprint density at radius 3 is 2.86 bits per heavy atom. The van der Waals surface area contributed by atoms with E-state index in [9.17, 15) is 4.79 Å². The van der Waals surface area contributed by atoms with Crippen LogP contribution in [0.2, 0.25) is 0 Å². The zero-order valence-corrected chi connectivity index (χ0v) is 15.8. The van der Waals surface area contributed by atoms with Gasteiger partial charge in [0.05, 0.1) is 41.4 Å². The maximum absolute atomic E-state index is 13.4. The Labute approximate surface area is 166 Å². The summed E-state index contributed by atoms with van der Waals surface area (Å²) >= 11 is 0. The van der Waals surface area contributed by atoms with Gasteiger partial charge in [-0.25, -0.2) is 9.97 Å². The van der Waals surface area contributed by atoms with Gasteiger partial charge in [-0.05, 0) is 24.3 Å². The molecule has 0 saturated heterocycles. The quantitative estimate of drug-likeness (QED) is 0.516. The van der Waals surface area contributed by atoms with Crippen molar-refractivity contribution in [1.82, 2.24) is 29.5 Å². The van der Waals surface area contributed by atoms with Crippen LogP contribution in [0.5, 0.6) is 0 Å². The third-order valence-electron chi connectivity index (χ3n) is 4.98. The Balaban J connectivity index is 1.54. The molecule has 1 aromatic carbocycles. The van der Waals surface area contributed by atoms with Gasteiger partial charge in [0.2, 0.25) is 0 Å². The molecule has 0 aliphatic rings. The molecule has 0 unspecified atom stereocenters. The first-order valence-electron chi connectivity index (χ1n) is 9.26. The first-order chi connectivity index (χ1) is 14.2. The largest absolute Gasteiger partial charge is 0.336 e. The van der Waals surface area contributed by atoms with Gasteiger partial charge >= 0.3 is 0 Å². The Morgan fingerprint density at radius 2 is 2.00 bits per heavy atom. The van der Waals surface area contributed by atoms with Crippen molar-refractivity contribution in [2.75, 3.05) is 7.05 Å². The van der Waals surface area contributed by atoms with Crippen molar-refractivity contribution >= 4 is 22.5 Å². The molecule has 142 valence electrons. The first-order valence-corrected chi connectivity index (χ1v) is 9.26. The second kappa shape index (κ2) is 6.87. The number of fused-ring (bicyclic) bond motifs is 2. The van der Waals surface area contributed by atoms with E-state index in [-0.39, 0.29) is 5.91 Å². The fourth-order valence-corrected chi connectivity index (χ4v) is 3.51. The fourth-order valence-electron chi connectivity index (χ4n) is 3.51. The molecule has 0 bridgehead atoms. The summed E-state index contributed by atoms with van der Waals surface area (Å²) in [6.45, 7) is 0.446. The molecule has 1 amide bonds. The molecule has 0 atom stereocenters. The maximum atomic E-state index is 13.4. The molecule has 0 aliphatic heterocycles. The minimum Gasteiger partial charge on any atom is -0.336 e. The fraction of sp³-hybridized carbons (Fsp3) is 0.0909. The van der Waals surface area contributed by atoms with Gasteiger partial charge in [0.15, 0.2) is 0 Å². The van der Waals surface area contributed by atoms with Crippen LogP contribution in [-0.4, -0.2) is 42.4 Å². The number of pyridine rings is 2. The van der Waals surface area contributed by atoms with Gasteiger partial charge in [-0.3, -0.25) is 9.89 Å². The van der Waals surface area contributed by atoms with Crippen molar-refractivity contribution in [3.8, 4) is 11.3 Å². The third kappa shape index (κ3) is 3.02. The van der Waals surface area contributed by atoms with Crippen molar-refractivity contribution < 1.29 is 4.79 Å². The van der Waals surface area contributed by atoms with Crippen LogP contribution in [-0.2, 0) is 6.54 Å². The molecular formula is C22H18N6O. The normalized spacial score (nSPS) is 11.2. The summed E-state index contributed by atoms with van der Waals surface area (Å²) in [6.07, 6.45) is 7.23. The summed E-state index contributed by atoms with van der Waals surface area (Å²) in [4.78, 5) is 24.2. The highest BCUT2D eigenvalue weighted by molar-refractivity contribution is 6.07. The lowest BCUT2D eigenvalue weighted by Crippen LogP contribution is -2.27. The number of nitrogens with zero attached hydrogens (tertiary/aromatic N) is 5. The number of nitrogens with one attached hydrogen (secondary N) is 1. The minimum absolute atomic E-state index is 0.0702. The Bertz CT molecular complexity index is 1320.